The maximum atomic E-state index is 13.6. The predicted molar refractivity (Wildman–Crippen MR) is 133 cm³/mol. The summed E-state index contributed by atoms with van der Waals surface area (Å²) in [6.45, 7) is 5.83. The highest BCUT2D eigenvalue weighted by Gasteiger charge is 2.47. The Hall–Kier alpha value is -2.98. The molecule has 10 heteroatoms. The topological polar surface area (TPSA) is 116 Å². The van der Waals surface area contributed by atoms with E-state index < -0.39 is 16.8 Å². The van der Waals surface area contributed by atoms with E-state index in [9.17, 15) is 19.7 Å². The lowest BCUT2D eigenvalue weighted by Gasteiger charge is -2.44. The standard InChI is InChI=1S/C24H24BrN3O5S/c1-4-33-23(30)21-20(18-8-13(25)12-34-18)19-16(10-24(2,3)11-17(19)29)27(22(21)26)14-6-5-7-15(9-14)28(31)32/h5-9,12,20H,4,10-11,26H2,1-3H3/t20-/m1/s1. The third-order valence-electron chi connectivity index (χ3n) is 5.93. The number of anilines is 1. The number of non-ortho nitro benzene ring substituents is 1. The number of rotatable bonds is 5. The van der Waals surface area contributed by atoms with Crippen molar-refractivity contribution in [3.8, 4) is 0 Å². The van der Waals surface area contributed by atoms with Gasteiger partial charge < -0.3 is 10.5 Å². The first-order chi connectivity index (χ1) is 16.0. The van der Waals surface area contributed by atoms with E-state index in [1.807, 2.05) is 25.3 Å². The molecule has 2 N–H and O–H groups in total. The molecule has 0 radical (unpaired) electrons. The minimum absolute atomic E-state index is 0.0782. The number of nitrogens with two attached hydrogens (primary N) is 1. The SMILES string of the molecule is CCOC(=O)C1=C(N)N(c2cccc([N+](=O)[O-])c2)C2=C(C(=O)CC(C)(C)C2)[C@H]1c1cc(Br)cs1. The summed E-state index contributed by atoms with van der Waals surface area (Å²) >= 11 is 4.88. The van der Waals surface area contributed by atoms with Gasteiger partial charge >= 0.3 is 5.97 Å². The van der Waals surface area contributed by atoms with E-state index >= 15 is 0 Å². The van der Waals surface area contributed by atoms with Gasteiger partial charge in [-0.2, -0.15) is 0 Å². The number of carbonyl (C=O) groups excluding carboxylic acids is 2. The summed E-state index contributed by atoms with van der Waals surface area (Å²) in [6.07, 6.45) is 0.824. The summed E-state index contributed by atoms with van der Waals surface area (Å²) in [5.41, 5.74) is 7.92. The van der Waals surface area contributed by atoms with Gasteiger partial charge in [-0.1, -0.05) is 19.9 Å². The average molecular weight is 546 g/mol. The number of nitro groups is 1. The van der Waals surface area contributed by atoms with Crippen molar-refractivity contribution in [2.75, 3.05) is 11.5 Å². The number of thiophene rings is 1. The fraction of sp³-hybridized carbons (Fsp3) is 0.333. The van der Waals surface area contributed by atoms with Crippen LogP contribution in [0.5, 0.6) is 0 Å². The molecule has 0 fully saturated rings. The zero-order valence-electron chi connectivity index (χ0n) is 19.0. The maximum Gasteiger partial charge on any atom is 0.338 e. The van der Waals surface area contributed by atoms with Crippen LogP contribution in [0.4, 0.5) is 11.4 Å². The van der Waals surface area contributed by atoms with Gasteiger partial charge in [-0.05, 0) is 46.8 Å². The first kappa shape index (κ1) is 24.2. The summed E-state index contributed by atoms with van der Waals surface area (Å²) in [5, 5.41) is 13.3. The van der Waals surface area contributed by atoms with E-state index in [4.69, 9.17) is 10.5 Å². The van der Waals surface area contributed by atoms with Crippen LogP contribution in [-0.4, -0.2) is 23.3 Å². The van der Waals surface area contributed by atoms with Crippen molar-refractivity contribution in [3.63, 3.8) is 0 Å². The number of hydrogen-bond acceptors (Lipinski definition) is 8. The quantitative estimate of drug-likeness (QED) is 0.303. The fourth-order valence-corrected chi connectivity index (χ4v) is 6.19. The fourth-order valence-electron chi connectivity index (χ4n) is 4.62. The molecule has 2 aliphatic rings. The highest BCUT2D eigenvalue weighted by atomic mass is 79.9. The van der Waals surface area contributed by atoms with Crippen molar-refractivity contribution < 1.29 is 19.2 Å². The number of nitrogens with zero attached hydrogens (tertiary/aromatic N) is 2. The zero-order chi connectivity index (χ0) is 24.8. The van der Waals surface area contributed by atoms with E-state index in [0.717, 1.165) is 9.35 Å². The van der Waals surface area contributed by atoms with Crippen LogP contribution in [0, 0.1) is 15.5 Å². The Morgan fingerprint density at radius 3 is 2.71 bits per heavy atom. The molecule has 0 unspecified atom stereocenters. The largest absolute Gasteiger partial charge is 0.463 e. The van der Waals surface area contributed by atoms with Gasteiger partial charge in [0, 0.05) is 44.6 Å². The molecule has 0 bridgehead atoms. The van der Waals surface area contributed by atoms with Crippen LogP contribution >= 0.6 is 27.3 Å². The number of esters is 1. The van der Waals surface area contributed by atoms with Gasteiger partial charge in [-0.3, -0.25) is 19.8 Å². The first-order valence-electron chi connectivity index (χ1n) is 10.8. The Kier molecular flexibility index (Phi) is 6.39. The van der Waals surface area contributed by atoms with Crippen molar-refractivity contribution in [2.45, 2.75) is 39.5 Å². The Bertz CT molecular complexity index is 1260. The van der Waals surface area contributed by atoms with Crippen molar-refractivity contribution in [2.24, 2.45) is 11.1 Å². The minimum Gasteiger partial charge on any atom is -0.463 e. The second kappa shape index (κ2) is 8.99. The molecule has 2 heterocycles. The van der Waals surface area contributed by atoms with Gasteiger partial charge in [0.2, 0.25) is 0 Å². The molecular formula is C24H24BrN3O5S. The number of allylic oxidation sites excluding steroid dienone is 2. The van der Waals surface area contributed by atoms with Gasteiger partial charge in [-0.25, -0.2) is 4.79 Å². The number of ether oxygens (including phenoxy) is 1. The molecule has 34 heavy (non-hydrogen) atoms. The molecule has 1 aliphatic heterocycles. The third-order valence-corrected chi connectivity index (χ3v) is 7.69. The third kappa shape index (κ3) is 4.27. The van der Waals surface area contributed by atoms with Crippen LogP contribution in [0.3, 0.4) is 0 Å². The Morgan fingerprint density at radius 1 is 1.35 bits per heavy atom. The van der Waals surface area contributed by atoms with Crippen LogP contribution < -0.4 is 10.6 Å². The molecular weight excluding hydrogens is 522 g/mol. The lowest BCUT2D eigenvalue weighted by Crippen LogP contribution is -2.43. The van der Waals surface area contributed by atoms with E-state index in [2.05, 4.69) is 15.9 Å². The normalized spacial score (nSPS) is 19.8. The van der Waals surface area contributed by atoms with Crippen LogP contribution in [0.25, 0.3) is 0 Å². The lowest BCUT2D eigenvalue weighted by molar-refractivity contribution is -0.384. The number of benzene rings is 1. The van der Waals surface area contributed by atoms with Crippen LogP contribution in [0.15, 0.2) is 62.8 Å². The lowest BCUT2D eigenvalue weighted by atomic mass is 9.69. The Balaban J connectivity index is 2.03. The van der Waals surface area contributed by atoms with Gasteiger partial charge in [0.1, 0.15) is 5.82 Å². The second-order valence-corrected chi connectivity index (χ2v) is 10.9. The monoisotopic (exact) mass is 545 g/mol. The smallest absolute Gasteiger partial charge is 0.338 e. The minimum atomic E-state index is -0.677. The Morgan fingerprint density at radius 2 is 2.09 bits per heavy atom. The number of nitro benzene ring substituents is 1. The van der Waals surface area contributed by atoms with Crippen LogP contribution in [0.1, 0.15) is 44.4 Å². The molecule has 1 aliphatic carbocycles. The first-order valence-corrected chi connectivity index (χ1v) is 12.4. The predicted octanol–water partition coefficient (Wildman–Crippen LogP) is 5.40. The Labute approximate surface area is 209 Å². The zero-order valence-corrected chi connectivity index (χ0v) is 21.4. The molecule has 2 aromatic rings. The van der Waals surface area contributed by atoms with Crippen molar-refractivity contribution in [1.82, 2.24) is 0 Å². The van der Waals surface area contributed by atoms with Crippen LogP contribution in [0.2, 0.25) is 0 Å². The summed E-state index contributed by atoms with van der Waals surface area (Å²) in [6, 6.07) is 7.90. The molecule has 0 saturated heterocycles. The number of hydrogen-bond donors (Lipinski definition) is 1. The molecule has 1 aromatic carbocycles. The highest BCUT2D eigenvalue weighted by Crippen LogP contribution is 2.51. The van der Waals surface area contributed by atoms with E-state index in [0.29, 0.717) is 29.8 Å². The van der Waals surface area contributed by atoms with Gasteiger partial charge in [0.05, 0.1) is 28.7 Å². The maximum absolute atomic E-state index is 13.6. The summed E-state index contributed by atoms with van der Waals surface area (Å²) in [7, 11) is 0. The van der Waals surface area contributed by atoms with Crippen molar-refractivity contribution >= 4 is 50.4 Å². The summed E-state index contributed by atoms with van der Waals surface area (Å²) in [4.78, 5) is 40.2. The molecule has 0 saturated carbocycles. The number of Topliss-reactive ketones (excluding diaryl/α,β-unsaturated/α-hetero) is 1. The molecule has 0 amide bonds. The second-order valence-electron chi connectivity index (χ2n) is 9.03. The van der Waals surface area contributed by atoms with Gasteiger partial charge in [0.25, 0.3) is 5.69 Å². The number of carbonyl (C=O) groups is 2. The molecule has 4 rings (SSSR count). The van der Waals surface area contributed by atoms with Gasteiger partial charge in [0.15, 0.2) is 5.78 Å². The highest BCUT2D eigenvalue weighted by molar-refractivity contribution is 9.10. The molecule has 0 spiro atoms. The van der Waals surface area contributed by atoms with Gasteiger partial charge in [-0.15, -0.1) is 11.3 Å². The molecule has 178 valence electrons. The average Bonchev–Trinajstić information content (AvgIpc) is 3.18. The number of ketones is 1. The number of halogens is 1. The van der Waals surface area contributed by atoms with E-state index in [-0.39, 0.29) is 34.9 Å². The van der Waals surface area contributed by atoms with Crippen molar-refractivity contribution in [1.29, 1.82) is 0 Å². The molecule has 1 atom stereocenters. The van der Waals surface area contributed by atoms with Crippen molar-refractivity contribution in [3.05, 3.63) is 77.8 Å². The van der Waals surface area contributed by atoms with Crippen LogP contribution in [-0.2, 0) is 14.3 Å². The molecule has 1 aromatic heterocycles. The molecule has 8 nitrogen and oxygen atoms in total. The van der Waals surface area contributed by atoms with E-state index in [1.165, 1.54) is 23.5 Å². The van der Waals surface area contributed by atoms with E-state index in [1.54, 1.807) is 24.0 Å². The summed E-state index contributed by atoms with van der Waals surface area (Å²) < 4.78 is 6.19. The summed E-state index contributed by atoms with van der Waals surface area (Å²) in [5.74, 6) is -1.26.